The van der Waals surface area contributed by atoms with Crippen LogP contribution in [0.15, 0.2) is 42.0 Å². The number of carbonyl (C=O) groups is 2. The summed E-state index contributed by atoms with van der Waals surface area (Å²) in [5.41, 5.74) is -4.23. The van der Waals surface area contributed by atoms with E-state index in [9.17, 15) is 28.2 Å². The standard InChI is InChI=1S/C27H37BrClNO8S/c1-18(2)10-11-20-24(3,38-20)27(23(32)30-21(31)16-29)22(37-4)26(28,34)14-13-25(27,33)17-39(35,36)15-12-19-8-6-5-7-9-19/h5-10,20,22,33-34H,11-17H2,1-4H3,(H,30,31,32). The highest BCUT2D eigenvalue weighted by molar-refractivity contribution is 9.10. The molecule has 1 aliphatic carbocycles. The zero-order valence-corrected chi connectivity index (χ0v) is 25.7. The molecule has 1 aromatic carbocycles. The molecule has 1 saturated heterocycles. The van der Waals surface area contributed by atoms with Gasteiger partial charge in [0.25, 0.3) is 0 Å². The molecule has 2 fully saturated rings. The predicted molar refractivity (Wildman–Crippen MR) is 151 cm³/mol. The number of carbonyl (C=O) groups excluding carboxylic acids is 2. The van der Waals surface area contributed by atoms with Crippen LogP contribution < -0.4 is 5.32 Å². The molecule has 0 aromatic heterocycles. The second-order valence-electron chi connectivity index (χ2n) is 10.8. The summed E-state index contributed by atoms with van der Waals surface area (Å²) in [5.74, 6) is -3.52. The highest BCUT2D eigenvalue weighted by atomic mass is 79.9. The number of rotatable bonds is 11. The normalized spacial score (nSPS) is 34.3. The molecule has 3 rings (SSSR count). The molecular weight excluding hydrogens is 614 g/mol. The number of hydrogen-bond donors (Lipinski definition) is 3. The van der Waals surface area contributed by atoms with Crippen LogP contribution in [0.3, 0.4) is 0 Å². The molecule has 2 amide bonds. The number of imide groups is 1. The zero-order chi connectivity index (χ0) is 29.3. The topological polar surface area (TPSA) is 143 Å². The van der Waals surface area contributed by atoms with E-state index >= 15 is 0 Å². The van der Waals surface area contributed by atoms with Crippen LogP contribution in [0.2, 0.25) is 0 Å². The molecule has 0 spiro atoms. The Labute approximate surface area is 243 Å². The van der Waals surface area contributed by atoms with Gasteiger partial charge in [0.1, 0.15) is 27.5 Å². The quantitative estimate of drug-likeness (QED) is 0.189. The third-order valence-electron chi connectivity index (χ3n) is 7.86. The summed E-state index contributed by atoms with van der Waals surface area (Å²) < 4.78 is 37.0. The summed E-state index contributed by atoms with van der Waals surface area (Å²) in [6.07, 6.45) is -0.118. The summed E-state index contributed by atoms with van der Waals surface area (Å²) in [6, 6.07) is 9.04. The van der Waals surface area contributed by atoms with E-state index in [0.717, 1.165) is 11.1 Å². The lowest BCUT2D eigenvalue weighted by Crippen LogP contribution is -2.77. The van der Waals surface area contributed by atoms with Crippen molar-refractivity contribution in [2.75, 3.05) is 24.5 Å². The van der Waals surface area contributed by atoms with E-state index in [1.807, 2.05) is 26.0 Å². The monoisotopic (exact) mass is 649 g/mol. The second kappa shape index (κ2) is 11.9. The molecule has 6 atom stereocenters. The van der Waals surface area contributed by atoms with Crippen LogP contribution >= 0.6 is 27.5 Å². The maximum absolute atomic E-state index is 14.1. The van der Waals surface area contributed by atoms with Gasteiger partial charge in [-0.3, -0.25) is 14.9 Å². The van der Waals surface area contributed by atoms with Crippen molar-refractivity contribution in [3.63, 3.8) is 0 Å². The van der Waals surface area contributed by atoms with E-state index in [0.29, 0.717) is 6.42 Å². The van der Waals surface area contributed by atoms with Gasteiger partial charge >= 0.3 is 0 Å². The number of nitrogens with one attached hydrogen (secondary N) is 1. The number of ether oxygens (including phenoxy) is 2. The summed E-state index contributed by atoms with van der Waals surface area (Å²) in [6.45, 7) is 5.36. The Balaban J connectivity index is 2.15. The van der Waals surface area contributed by atoms with Crippen molar-refractivity contribution in [2.45, 2.75) is 74.4 Å². The summed E-state index contributed by atoms with van der Waals surface area (Å²) in [7, 11) is -2.74. The van der Waals surface area contributed by atoms with Crippen molar-refractivity contribution in [3.8, 4) is 0 Å². The van der Waals surface area contributed by atoms with Gasteiger partial charge in [-0.1, -0.05) is 57.9 Å². The fourth-order valence-corrected chi connectivity index (χ4v) is 8.53. The van der Waals surface area contributed by atoms with Gasteiger partial charge in [0.2, 0.25) is 11.8 Å². The Kier molecular flexibility index (Phi) is 9.80. The molecule has 9 nitrogen and oxygen atoms in total. The zero-order valence-electron chi connectivity index (χ0n) is 22.6. The number of benzene rings is 1. The van der Waals surface area contributed by atoms with Gasteiger partial charge in [-0.05, 0) is 52.0 Å². The van der Waals surface area contributed by atoms with E-state index in [2.05, 4.69) is 21.2 Å². The minimum atomic E-state index is -3.98. The molecule has 1 aliphatic heterocycles. The lowest BCUT2D eigenvalue weighted by molar-refractivity contribution is -0.234. The smallest absolute Gasteiger partial charge is 0.241 e. The minimum Gasteiger partial charge on any atom is -0.387 e. The summed E-state index contributed by atoms with van der Waals surface area (Å²) in [4.78, 5) is 26.5. The molecular formula is C27H37BrClNO8S. The van der Waals surface area contributed by atoms with Crippen LogP contribution in [0.5, 0.6) is 0 Å². The molecule has 3 N–H and O–H groups in total. The van der Waals surface area contributed by atoms with Gasteiger partial charge in [0.05, 0.1) is 23.2 Å². The molecule has 39 heavy (non-hydrogen) atoms. The van der Waals surface area contributed by atoms with Crippen molar-refractivity contribution >= 4 is 49.2 Å². The van der Waals surface area contributed by atoms with E-state index < -0.39 is 66.6 Å². The molecule has 0 radical (unpaired) electrons. The molecule has 1 aromatic rings. The number of methoxy groups -OCH3 is 1. The molecule has 12 heteroatoms. The first-order valence-corrected chi connectivity index (χ1v) is 15.9. The number of alkyl halides is 2. The van der Waals surface area contributed by atoms with Crippen LogP contribution in [-0.2, 0) is 35.3 Å². The lowest BCUT2D eigenvalue weighted by Gasteiger charge is -2.58. The van der Waals surface area contributed by atoms with E-state index in [-0.39, 0.29) is 25.0 Å². The number of aliphatic hydroxyl groups is 2. The third-order valence-corrected chi connectivity index (χ3v) is 10.7. The predicted octanol–water partition coefficient (Wildman–Crippen LogP) is 2.65. The number of epoxide rings is 1. The molecule has 0 bridgehead atoms. The van der Waals surface area contributed by atoms with Crippen LogP contribution in [0.4, 0.5) is 0 Å². The molecule has 1 saturated carbocycles. The number of allylic oxidation sites excluding steroid dienone is 1. The van der Waals surface area contributed by atoms with Crippen molar-refractivity contribution in [2.24, 2.45) is 5.41 Å². The Morgan fingerprint density at radius 2 is 1.87 bits per heavy atom. The van der Waals surface area contributed by atoms with E-state index in [4.69, 9.17) is 21.1 Å². The number of aryl methyl sites for hydroxylation is 1. The summed E-state index contributed by atoms with van der Waals surface area (Å²) in [5, 5.41) is 25.9. The molecule has 1 heterocycles. The van der Waals surface area contributed by atoms with Crippen molar-refractivity contribution in [3.05, 3.63) is 47.5 Å². The van der Waals surface area contributed by atoms with E-state index in [1.54, 1.807) is 31.2 Å². The maximum atomic E-state index is 14.1. The number of hydrogen-bond acceptors (Lipinski definition) is 8. The highest BCUT2D eigenvalue weighted by Crippen LogP contribution is 2.65. The number of halogens is 2. The van der Waals surface area contributed by atoms with Crippen molar-refractivity contribution < 1.29 is 37.7 Å². The van der Waals surface area contributed by atoms with Gasteiger partial charge in [-0.15, -0.1) is 11.6 Å². The van der Waals surface area contributed by atoms with Crippen LogP contribution in [0, 0.1) is 5.41 Å². The first-order chi connectivity index (χ1) is 18.1. The Morgan fingerprint density at radius 1 is 1.23 bits per heavy atom. The van der Waals surface area contributed by atoms with Gasteiger partial charge in [-0.2, -0.15) is 0 Å². The minimum absolute atomic E-state index is 0.136. The van der Waals surface area contributed by atoms with Gasteiger partial charge in [-0.25, -0.2) is 8.42 Å². The lowest BCUT2D eigenvalue weighted by atomic mass is 9.53. The molecule has 6 unspecified atom stereocenters. The fraction of sp³-hybridized carbons (Fsp3) is 0.630. The van der Waals surface area contributed by atoms with Gasteiger partial charge in [0, 0.05) is 7.11 Å². The first-order valence-electron chi connectivity index (χ1n) is 12.7. The van der Waals surface area contributed by atoms with Crippen LogP contribution in [-0.4, -0.2) is 82.9 Å². The SMILES string of the molecule is COC1C(O)(Br)CCC(O)(CS(=O)(=O)CCc2ccccc2)C1(C(=O)NC(=O)CCl)C1(C)OC1CC=C(C)C. The van der Waals surface area contributed by atoms with Crippen molar-refractivity contribution in [1.29, 1.82) is 0 Å². The maximum Gasteiger partial charge on any atom is 0.241 e. The van der Waals surface area contributed by atoms with Gasteiger partial charge < -0.3 is 19.7 Å². The Morgan fingerprint density at radius 3 is 2.44 bits per heavy atom. The average molecular weight is 651 g/mol. The van der Waals surface area contributed by atoms with Crippen LogP contribution in [0.1, 0.15) is 45.6 Å². The Bertz CT molecular complexity index is 1210. The summed E-state index contributed by atoms with van der Waals surface area (Å²) >= 11 is 8.93. The molecule has 218 valence electrons. The Hall–Kier alpha value is -1.34. The van der Waals surface area contributed by atoms with Crippen LogP contribution in [0.25, 0.3) is 0 Å². The molecule has 2 aliphatic rings. The second-order valence-corrected chi connectivity index (χ2v) is 14.7. The fourth-order valence-electron chi connectivity index (χ4n) is 5.94. The largest absolute Gasteiger partial charge is 0.387 e. The first kappa shape index (κ1) is 32.2. The highest BCUT2D eigenvalue weighted by Gasteiger charge is 2.82. The van der Waals surface area contributed by atoms with E-state index in [1.165, 1.54) is 7.11 Å². The third kappa shape index (κ3) is 6.29. The average Bonchev–Trinajstić information content (AvgIpc) is 3.53. The number of sulfone groups is 1. The number of amides is 2. The van der Waals surface area contributed by atoms with Crippen molar-refractivity contribution in [1.82, 2.24) is 5.32 Å². The van der Waals surface area contributed by atoms with Gasteiger partial charge in [0.15, 0.2) is 9.84 Å².